The second-order valence-corrected chi connectivity index (χ2v) is 8.62. The first-order valence-electron chi connectivity index (χ1n) is 10.5. The van der Waals surface area contributed by atoms with Gasteiger partial charge in [-0.3, -0.25) is 19.3 Å². The van der Waals surface area contributed by atoms with Crippen molar-refractivity contribution in [3.63, 3.8) is 0 Å². The molecule has 2 aromatic carbocycles. The molecule has 8 heteroatoms. The summed E-state index contributed by atoms with van der Waals surface area (Å²) in [5.74, 6) is -1.42. The molecule has 1 aliphatic heterocycles. The van der Waals surface area contributed by atoms with E-state index in [4.69, 9.17) is 4.74 Å². The van der Waals surface area contributed by atoms with Crippen LogP contribution in [-0.2, 0) is 14.3 Å². The molecule has 0 radical (unpaired) electrons. The molecule has 0 saturated carbocycles. The number of aryl methyl sites for hydroxylation is 1. The maximum atomic E-state index is 12.9. The molecule has 0 aliphatic carbocycles. The zero-order valence-electron chi connectivity index (χ0n) is 18.2. The molecule has 1 N–H and O–H groups in total. The fraction of sp³-hybridized carbons (Fsp3) is 0.200. The van der Waals surface area contributed by atoms with Crippen molar-refractivity contribution in [1.82, 2.24) is 0 Å². The molecule has 3 amide bonds. The van der Waals surface area contributed by atoms with Gasteiger partial charge < -0.3 is 10.1 Å². The second-order valence-electron chi connectivity index (χ2n) is 7.56. The molecule has 7 nitrogen and oxygen atoms in total. The lowest BCUT2D eigenvalue weighted by molar-refractivity contribution is -0.121. The minimum atomic E-state index is -0.502. The summed E-state index contributed by atoms with van der Waals surface area (Å²) in [5, 5.41) is 2.80. The lowest BCUT2D eigenvalue weighted by Crippen LogP contribution is -2.28. The first-order chi connectivity index (χ1) is 15.9. The topological polar surface area (TPSA) is 92.8 Å². The lowest BCUT2D eigenvalue weighted by atomic mass is 10.1. The average molecular weight is 463 g/mol. The van der Waals surface area contributed by atoms with E-state index in [2.05, 4.69) is 5.32 Å². The van der Waals surface area contributed by atoms with Gasteiger partial charge in [0, 0.05) is 23.3 Å². The van der Waals surface area contributed by atoms with Gasteiger partial charge in [-0.1, -0.05) is 29.8 Å². The number of ether oxygens (including phenoxy) is 1. The van der Waals surface area contributed by atoms with Gasteiger partial charge in [0.15, 0.2) is 0 Å². The number of imide groups is 1. The number of anilines is 2. The van der Waals surface area contributed by atoms with E-state index < -0.39 is 11.9 Å². The predicted molar refractivity (Wildman–Crippen MR) is 127 cm³/mol. The van der Waals surface area contributed by atoms with E-state index in [1.165, 1.54) is 11.3 Å². The standard InChI is InChI=1S/C25H22N2O5S/c1-3-32-25(31)23-19(14-20(33-23)16-6-4-15(2)5-7-16)26-24(30)17-8-10-18(11-9-17)27-21(28)12-13-22(27)29/h4-11,14H,3,12-13H2,1-2H3,(H,26,30). The first-order valence-corrected chi connectivity index (χ1v) is 11.3. The Hall–Kier alpha value is -3.78. The number of carbonyl (C=O) groups is 4. The molecule has 1 saturated heterocycles. The van der Waals surface area contributed by atoms with Crippen LogP contribution in [0.15, 0.2) is 54.6 Å². The van der Waals surface area contributed by atoms with Crippen molar-refractivity contribution >= 4 is 46.4 Å². The molecule has 1 aliphatic rings. The van der Waals surface area contributed by atoms with E-state index in [1.807, 2.05) is 31.2 Å². The van der Waals surface area contributed by atoms with Gasteiger partial charge in [0.25, 0.3) is 5.91 Å². The Morgan fingerprint density at radius 2 is 1.64 bits per heavy atom. The van der Waals surface area contributed by atoms with Gasteiger partial charge >= 0.3 is 5.97 Å². The zero-order chi connectivity index (χ0) is 23.5. The molecule has 2 heterocycles. The fourth-order valence-electron chi connectivity index (χ4n) is 3.51. The third-order valence-electron chi connectivity index (χ3n) is 5.22. The van der Waals surface area contributed by atoms with Crippen molar-refractivity contribution in [3.8, 4) is 10.4 Å². The Bertz CT molecular complexity index is 1210. The minimum Gasteiger partial charge on any atom is -0.462 e. The average Bonchev–Trinajstić information content (AvgIpc) is 3.37. The monoisotopic (exact) mass is 462 g/mol. The molecule has 168 valence electrons. The number of carbonyl (C=O) groups excluding carboxylic acids is 4. The highest BCUT2D eigenvalue weighted by Crippen LogP contribution is 2.36. The number of nitrogens with zero attached hydrogens (tertiary/aromatic N) is 1. The highest BCUT2D eigenvalue weighted by Gasteiger charge is 2.30. The van der Waals surface area contributed by atoms with Crippen LogP contribution in [0.1, 0.15) is 45.4 Å². The summed E-state index contributed by atoms with van der Waals surface area (Å²) in [6.07, 6.45) is 0.387. The smallest absolute Gasteiger partial charge is 0.350 e. The number of amides is 3. The molecule has 3 aromatic rings. The van der Waals surface area contributed by atoms with Crippen LogP contribution >= 0.6 is 11.3 Å². The van der Waals surface area contributed by atoms with Crippen LogP contribution in [0.2, 0.25) is 0 Å². The third kappa shape index (κ3) is 4.70. The molecule has 0 unspecified atom stereocenters. The van der Waals surface area contributed by atoms with Crippen LogP contribution in [0.5, 0.6) is 0 Å². The highest BCUT2D eigenvalue weighted by molar-refractivity contribution is 7.18. The summed E-state index contributed by atoms with van der Waals surface area (Å²) in [6.45, 7) is 3.94. The van der Waals surface area contributed by atoms with Gasteiger partial charge in [-0.15, -0.1) is 11.3 Å². The summed E-state index contributed by atoms with van der Waals surface area (Å²) in [5.41, 5.74) is 3.18. The van der Waals surface area contributed by atoms with Crippen LogP contribution in [0, 0.1) is 6.92 Å². The van der Waals surface area contributed by atoms with Crippen molar-refractivity contribution in [1.29, 1.82) is 0 Å². The Balaban J connectivity index is 1.58. The van der Waals surface area contributed by atoms with Crippen molar-refractivity contribution in [3.05, 3.63) is 70.6 Å². The van der Waals surface area contributed by atoms with E-state index in [0.717, 1.165) is 20.9 Å². The largest absolute Gasteiger partial charge is 0.462 e. The van der Waals surface area contributed by atoms with Crippen LogP contribution in [0.3, 0.4) is 0 Å². The number of hydrogen-bond donors (Lipinski definition) is 1. The summed E-state index contributed by atoms with van der Waals surface area (Å²) in [7, 11) is 0. The van der Waals surface area contributed by atoms with Gasteiger partial charge in [0.05, 0.1) is 18.0 Å². The normalized spacial score (nSPS) is 13.3. The van der Waals surface area contributed by atoms with E-state index in [0.29, 0.717) is 21.8 Å². The van der Waals surface area contributed by atoms with Gasteiger partial charge in [-0.25, -0.2) is 4.79 Å². The lowest BCUT2D eigenvalue weighted by Gasteiger charge is -2.14. The van der Waals surface area contributed by atoms with Crippen LogP contribution in [-0.4, -0.2) is 30.3 Å². The first kappa shape index (κ1) is 22.4. The van der Waals surface area contributed by atoms with Crippen molar-refractivity contribution in [2.45, 2.75) is 26.7 Å². The van der Waals surface area contributed by atoms with Gasteiger partial charge in [0.1, 0.15) is 4.88 Å². The molecule has 0 spiro atoms. The zero-order valence-corrected chi connectivity index (χ0v) is 19.0. The molecular weight excluding hydrogens is 440 g/mol. The summed E-state index contributed by atoms with van der Waals surface area (Å²) < 4.78 is 5.17. The Morgan fingerprint density at radius 1 is 1.00 bits per heavy atom. The molecular formula is C25H22N2O5S. The van der Waals surface area contributed by atoms with Crippen LogP contribution in [0.25, 0.3) is 10.4 Å². The number of esters is 1. The van der Waals surface area contributed by atoms with Crippen molar-refractivity contribution in [2.24, 2.45) is 0 Å². The maximum absolute atomic E-state index is 12.9. The Kier molecular flexibility index (Phi) is 6.37. The van der Waals surface area contributed by atoms with Crippen molar-refractivity contribution < 1.29 is 23.9 Å². The molecule has 0 atom stereocenters. The van der Waals surface area contributed by atoms with Crippen molar-refractivity contribution in [2.75, 3.05) is 16.8 Å². The van der Waals surface area contributed by atoms with E-state index in [9.17, 15) is 19.2 Å². The van der Waals surface area contributed by atoms with E-state index in [1.54, 1.807) is 37.3 Å². The maximum Gasteiger partial charge on any atom is 0.350 e. The highest BCUT2D eigenvalue weighted by atomic mass is 32.1. The number of rotatable bonds is 6. The second kappa shape index (κ2) is 9.38. The molecule has 1 fully saturated rings. The fourth-order valence-corrected chi connectivity index (χ4v) is 4.53. The molecule has 1 aromatic heterocycles. The Labute approximate surface area is 195 Å². The molecule has 33 heavy (non-hydrogen) atoms. The predicted octanol–water partition coefficient (Wildman–Crippen LogP) is 4.81. The number of thiophene rings is 1. The van der Waals surface area contributed by atoms with Gasteiger partial charge in [0.2, 0.25) is 11.8 Å². The third-order valence-corrected chi connectivity index (χ3v) is 6.38. The molecule has 4 rings (SSSR count). The number of hydrogen-bond acceptors (Lipinski definition) is 6. The van der Waals surface area contributed by atoms with E-state index >= 15 is 0 Å². The summed E-state index contributed by atoms with van der Waals surface area (Å²) >= 11 is 1.25. The number of benzene rings is 2. The quantitative estimate of drug-likeness (QED) is 0.419. The summed E-state index contributed by atoms with van der Waals surface area (Å²) in [4.78, 5) is 51.5. The van der Waals surface area contributed by atoms with E-state index in [-0.39, 0.29) is 31.3 Å². The van der Waals surface area contributed by atoms with Gasteiger partial charge in [-0.05, 0) is 49.7 Å². The summed E-state index contributed by atoms with van der Waals surface area (Å²) in [6, 6.07) is 15.9. The number of nitrogens with one attached hydrogen (secondary N) is 1. The van der Waals surface area contributed by atoms with Crippen LogP contribution < -0.4 is 10.2 Å². The Morgan fingerprint density at radius 3 is 2.24 bits per heavy atom. The van der Waals surface area contributed by atoms with Gasteiger partial charge in [-0.2, -0.15) is 0 Å². The minimum absolute atomic E-state index is 0.194. The van der Waals surface area contributed by atoms with Crippen LogP contribution in [0.4, 0.5) is 11.4 Å². The molecule has 0 bridgehead atoms. The SMILES string of the molecule is CCOC(=O)c1sc(-c2ccc(C)cc2)cc1NC(=O)c1ccc(N2C(=O)CCC2=O)cc1.